The number of para-hydroxylation sites is 4. The van der Waals surface area contributed by atoms with Gasteiger partial charge in [-0.25, -0.2) is 0 Å². The van der Waals surface area contributed by atoms with Gasteiger partial charge in [0.05, 0.1) is 0 Å². The number of nitrogens with zero attached hydrogens (tertiary/aromatic N) is 1. The summed E-state index contributed by atoms with van der Waals surface area (Å²) in [6.45, 7) is 0.0903. The maximum absolute atomic E-state index is 6.81. The Labute approximate surface area is 345 Å². The van der Waals surface area contributed by atoms with Crippen molar-refractivity contribution in [2.45, 2.75) is 0 Å². The van der Waals surface area contributed by atoms with Gasteiger partial charge in [-0.2, -0.15) is 0 Å². The SMILES string of the molecule is c1ccc(B2c3cccc4c3N3c5c2cccc5[Si](c2ccccc2)(c2ccccc2)c2cc(-c5cccc6c5oc5ccccc56)cc(c23)B4c2ccccc2)cc1. The minimum atomic E-state index is -3.05. The molecule has 0 saturated carbocycles. The van der Waals surface area contributed by atoms with Crippen LogP contribution < -0.4 is 58.4 Å². The number of hydrogen-bond acceptors (Lipinski definition) is 2. The first-order valence-electron chi connectivity index (χ1n) is 20.7. The van der Waals surface area contributed by atoms with Gasteiger partial charge in [0, 0.05) is 33.4 Å². The number of anilines is 3. The van der Waals surface area contributed by atoms with E-state index in [1.807, 2.05) is 0 Å². The number of fused-ring (bicyclic) bond motifs is 3. The van der Waals surface area contributed by atoms with E-state index < -0.39 is 8.07 Å². The van der Waals surface area contributed by atoms with E-state index in [1.165, 1.54) is 76.1 Å². The minimum absolute atomic E-state index is 0.00691. The van der Waals surface area contributed by atoms with Crippen LogP contribution in [0.25, 0.3) is 33.1 Å². The zero-order chi connectivity index (χ0) is 38.7. The van der Waals surface area contributed by atoms with Gasteiger partial charge in [0.25, 0.3) is 0 Å². The molecule has 3 aliphatic heterocycles. The summed E-state index contributed by atoms with van der Waals surface area (Å²) >= 11 is 0. The van der Waals surface area contributed by atoms with Crippen LogP contribution in [0.4, 0.5) is 17.1 Å². The van der Waals surface area contributed by atoms with Gasteiger partial charge in [-0.1, -0.05) is 217 Å². The molecule has 3 aliphatic rings. The van der Waals surface area contributed by atoms with Crippen LogP contribution in [0.15, 0.2) is 217 Å². The van der Waals surface area contributed by atoms with Crippen LogP contribution in [0.1, 0.15) is 0 Å². The first-order valence-corrected chi connectivity index (χ1v) is 22.7. The third-order valence-corrected chi connectivity index (χ3v) is 18.2. The smallest absolute Gasteiger partial charge is 0.246 e. The van der Waals surface area contributed by atoms with Crippen molar-refractivity contribution < 1.29 is 4.42 Å². The van der Waals surface area contributed by atoms with Crippen molar-refractivity contribution in [3.63, 3.8) is 0 Å². The molecule has 0 spiro atoms. The molecule has 0 aliphatic carbocycles. The van der Waals surface area contributed by atoms with Gasteiger partial charge in [-0.05, 0) is 54.2 Å². The molecular weight excluding hydrogens is 728 g/mol. The van der Waals surface area contributed by atoms with Crippen LogP contribution in [-0.2, 0) is 0 Å². The van der Waals surface area contributed by atoms with Crippen molar-refractivity contribution in [3.8, 4) is 11.1 Å². The molecule has 4 heterocycles. The lowest BCUT2D eigenvalue weighted by Crippen LogP contribution is -2.80. The van der Waals surface area contributed by atoms with E-state index in [1.54, 1.807) is 0 Å². The van der Waals surface area contributed by atoms with Crippen molar-refractivity contribution in [1.29, 1.82) is 0 Å². The number of rotatable bonds is 5. The van der Waals surface area contributed by atoms with Crippen molar-refractivity contribution >= 4 is 114 Å². The summed E-state index contributed by atoms with van der Waals surface area (Å²) in [7, 11) is -3.05. The summed E-state index contributed by atoms with van der Waals surface area (Å²) in [6.07, 6.45) is 0. The maximum Gasteiger partial charge on any atom is 0.246 e. The molecule has 0 radical (unpaired) electrons. The Morgan fingerprint density at radius 3 is 1.56 bits per heavy atom. The standard InChI is InChI=1S/C54H35B2NOSi/c1-5-18-37(19-6-1)55-44-29-16-30-45-51(44)57-52-46(55)31-17-33-49(52)59(39-22-9-3-10-23-39,40-24-11-4-12-25-40)50-35-36(34-47(53(50)57)56(45)38-20-7-2-8-21-38)41-27-15-28-43-42-26-13-14-32-48(42)58-54(41)43/h1-35H. The highest BCUT2D eigenvalue weighted by Gasteiger charge is 2.55. The van der Waals surface area contributed by atoms with E-state index in [0.717, 1.165) is 27.5 Å². The zero-order valence-electron chi connectivity index (χ0n) is 32.2. The van der Waals surface area contributed by atoms with Crippen LogP contribution >= 0.6 is 0 Å². The number of furan rings is 1. The molecule has 9 aromatic carbocycles. The Bertz CT molecular complexity index is 3260. The van der Waals surface area contributed by atoms with Crippen molar-refractivity contribution in [1.82, 2.24) is 0 Å². The first kappa shape index (κ1) is 33.0. The van der Waals surface area contributed by atoms with Crippen LogP contribution in [0, 0.1) is 0 Å². The predicted molar refractivity (Wildman–Crippen MR) is 253 cm³/mol. The summed E-state index contributed by atoms with van der Waals surface area (Å²) in [6, 6.07) is 79.8. The monoisotopic (exact) mass is 763 g/mol. The lowest BCUT2D eigenvalue weighted by molar-refractivity contribution is 0.670. The van der Waals surface area contributed by atoms with E-state index in [4.69, 9.17) is 4.42 Å². The Hall–Kier alpha value is -7.07. The van der Waals surface area contributed by atoms with Crippen LogP contribution in [0.5, 0.6) is 0 Å². The van der Waals surface area contributed by atoms with Crippen molar-refractivity contribution in [2.75, 3.05) is 4.90 Å². The fourth-order valence-electron chi connectivity index (χ4n) is 11.2. The van der Waals surface area contributed by atoms with E-state index in [2.05, 4.69) is 217 Å². The van der Waals surface area contributed by atoms with Crippen LogP contribution in [0.2, 0.25) is 0 Å². The molecule has 0 N–H and O–H groups in total. The third kappa shape index (κ3) is 4.43. The van der Waals surface area contributed by atoms with Gasteiger partial charge in [0.15, 0.2) is 8.07 Å². The highest BCUT2D eigenvalue weighted by atomic mass is 28.3. The van der Waals surface area contributed by atoms with Gasteiger partial charge in [0.1, 0.15) is 11.2 Å². The largest absolute Gasteiger partial charge is 0.455 e. The quantitative estimate of drug-likeness (QED) is 0.198. The second kappa shape index (κ2) is 12.5. The third-order valence-electron chi connectivity index (χ3n) is 13.4. The fourth-order valence-corrected chi connectivity index (χ4v) is 16.4. The molecule has 0 fully saturated rings. The summed E-state index contributed by atoms with van der Waals surface area (Å²) < 4.78 is 6.81. The molecule has 272 valence electrons. The van der Waals surface area contributed by atoms with Crippen molar-refractivity contribution in [2.24, 2.45) is 0 Å². The second-order valence-electron chi connectivity index (χ2n) is 16.3. The highest BCUT2D eigenvalue weighted by Crippen LogP contribution is 2.43. The van der Waals surface area contributed by atoms with E-state index in [-0.39, 0.29) is 13.4 Å². The van der Waals surface area contributed by atoms with Crippen LogP contribution in [0.3, 0.4) is 0 Å². The molecule has 5 heteroatoms. The average molecular weight is 764 g/mol. The summed E-state index contributed by atoms with van der Waals surface area (Å²) in [4.78, 5) is 2.71. The Balaban J connectivity index is 1.24. The average Bonchev–Trinajstić information content (AvgIpc) is 3.69. The molecule has 2 nitrogen and oxygen atoms in total. The summed E-state index contributed by atoms with van der Waals surface area (Å²) in [5, 5.41) is 7.92. The molecule has 0 bridgehead atoms. The van der Waals surface area contributed by atoms with Gasteiger partial charge < -0.3 is 9.32 Å². The van der Waals surface area contributed by atoms with Crippen molar-refractivity contribution in [3.05, 3.63) is 212 Å². The number of hydrogen-bond donors (Lipinski definition) is 0. The van der Waals surface area contributed by atoms with Gasteiger partial charge in [-0.3, -0.25) is 0 Å². The summed E-state index contributed by atoms with van der Waals surface area (Å²) in [5.74, 6) is 0. The first-order chi connectivity index (χ1) is 29.3. The molecular formula is C54H35B2NOSi. The molecule has 0 saturated heterocycles. The molecule has 10 aromatic rings. The van der Waals surface area contributed by atoms with E-state index in [9.17, 15) is 0 Å². The van der Waals surface area contributed by atoms with Crippen LogP contribution in [-0.4, -0.2) is 21.5 Å². The molecule has 59 heavy (non-hydrogen) atoms. The molecule has 13 rings (SSSR count). The van der Waals surface area contributed by atoms with E-state index >= 15 is 0 Å². The second-order valence-corrected chi connectivity index (χ2v) is 20.0. The fraction of sp³-hybridized carbons (Fsp3) is 0. The minimum Gasteiger partial charge on any atom is -0.455 e. The molecule has 0 atom stereocenters. The Morgan fingerprint density at radius 1 is 0.390 bits per heavy atom. The highest BCUT2D eigenvalue weighted by molar-refractivity contribution is 7.22. The number of benzene rings is 9. The predicted octanol–water partition coefficient (Wildman–Crippen LogP) is 6.07. The van der Waals surface area contributed by atoms with Gasteiger partial charge >= 0.3 is 0 Å². The Morgan fingerprint density at radius 2 is 0.898 bits per heavy atom. The lowest BCUT2D eigenvalue weighted by Gasteiger charge is -2.52. The Kier molecular flexibility index (Phi) is 6.96. The van der Waals surface area contributed by atoms with E-state index in [0.29, 0.717) is 0 Å². The molecule has 0 unspecified atom stereocenters. The topological polar surface area (TPSA) is 16.4 Å². The lowest BCUT2D eigenvalue weighted by atomic mass is 9.30. The summed E-state index contributed by atoms with van der Waals surface area (Å²) in [5.41, 5.74) is 16.2. The molecule has 1 aromatic heterocycles. The normalized spacial score (nSPS) is 14.1. The molecule has 0 amide bonds. The van der Waals surface area contributed by atoms with Gasteiger partial charge in [0.2, 0.25) is 13.4 Å². The zero-order valence-corrected chi connectivity index (χ0v) is 33.2. The maximum atomic E-state index is 6.81. The van der Waals surface area contributed by atoms with Gasteiger partial charge in [-0.15, -0.1) is 0 Å².